The summed E-state index contributed by atoms with van der Waals surface area (Å²) in [5, 5.41) is 0. The molecule has 11 heteroatoms. The van der Waals surface area contributed by atoms with Crippen LogP contribution >= 0.6 is 12.1 Å². The maximum Gasteiger partial charge on any atom is 1.00 e. The van der Waals surface area contributed by atoms with Crippen molar-refractivity contribution in [2.45, 2.75) is 0 Å². The van der Waals surface area contributed by atoms with Crippen molar-refractivity contribution in [1.82, 2.24) is 0 Å². The van der Waals surface area contributed by atoms with Gasteiger partial charge in [-0.3, -0.25) is 0 Å². The van der Waals surface area contributed by atoms with Crippen LogP contribution in [0.15, 0.2) is 8.80 Å². The summed E-state index contributed by atoms with van der Waals surface area (Å²) in [4.78, 5) is 18.4. The number of isocyanates is 2. The van der Waals surface area contributed by atoms with Crippen LogP contribution in [0.3, 0.4) is 0 Å². The van der Waals surface area contributed by atoms with E-state index in [0.29, 0.717) is 12.1 Å². The summed E-state index contributed by atoms with van der Waals surface area (Å²) in [5.41, 5.74) is 0. The van der Waals surface area contributed by atoms with Gasteiger partial charge in [0.15, 0.2) is 0 Å². The molecule has 0 unspecified atom stereocenters. The Morgan fingerprint density at radius 3 is 1.38 bits per heavy atom. The van der Waals surface area contributed by atoms with E-state index >= 15 is 0 Å². The van der Waals surface area contributed by atoms with Crippen LogP contribution in [-0.2, 0) is 9.59 Å². The van der Waals surface area contributed by atoms with Gasteiger partial charge in [-0.15, -0.1) is 8.80 Å². The smallest absolute Gasteiger partial charge is 0.418 e. The van der Waals surface area contributed by atoms with Crippen LogP contribution in [0, 0.1) is 0 Å². The van der Waals surface area contributed by atoms with Gasteiger partial charge in [-0.1, -0.05) is 0 Å². The van der Waals surface area contributed by atoms with E-state index in [2.05, 4.69) is 8.80 Å². The van der Waals surface area contributed by atoms with Gasteiger partial charge in [-0.25, -0.2) is 9.59 Å². The number of hydrogen-bond acceptors (Lipinski definition) is 5. The third-order valence-electron chi connectivity index (χ3n) is 0.156. The summed E-state index contributed by atoms with van der Waals surface area (Å²) in [5.74, 6) is 0. The first-order chi connectivity index (χ1) is 5.41. The van der Waals surface area contributed by atoms with Gasteiger partial charge < -0.3 is 17.3 Å². The fraction of sp³-hybridized carbons (Fsp3) is 0. The molecule has 0 radical (unpaired) electrons. The molecule has 0 heterocycles. The molecule has 13 heavy (non-hydrogen) atoms. The van der Waals surface area contributed by atoms with E-state index in [0.717, 1.165) is 0 Å². The predicted octanol–water partition coefficient (Wildman–Crippen LogP) is -1.47. The molecule has 0 saturated heterocycles. The summed E-state index contributed by atoms with van der Waals surface area (Å²) in [6.45, 7) is 0. The third kappa shape index (κ3) is 76.8. The minimum atomic E-state index is -6.00. The van der Waals surface area contributed by atoms with Gasteiger partial charge in [0.25, 0.3) is 0 Å². The second kappa shape index (κ2) is 11.9. The molecule has 68 valence electrons. The van der Waals surface area contributed by atoms with Crippen LogP contribution in [0.2, 0.25) is 0 Å². The molecule has 0 saturated carbocycles. The van der Waals surface area contributed by atoms with E-state index in [4.69, 9.17) is 0 Å². The summed E-state index contributed by atoms with van der Waals surface area (Å²) in [6, 6.07) is 0. The van der Waals surface area contributed by atoms with Crippen LogP contribution in [0.25, 0.3) is 0 Å². The maximum absolute atomic E-state index is 9.75. The first-order valence-electron chi connectivity index (χ1n) is 2.09. The molecule has 0 rings (SSSR count). The Labute approximate surface area is 96.5 Å². The third-order valence-corrected chi connectivity index (χ3v) is 0.469. The topological polar surface area (TPSA) is 58.9 Å². The zero-order valence-corrected chi connectivity index (χ0v) is 9.02. The Hall–Kier alpha value is -0.105. The Morgan fingerprint density at radius 1 is 1.00 bits per heavy atom. The zero-order chi connectivity index (χ0) is 10.0. The molecule has 0 aliphatic carbocycles. The number of halogens is 4. The first-order valence-corrected chi connectivity index (χ1v) is 2.82. The average molecular weight is 226 g/mol. The fourth-order valence-corrected chi connectivity index (χ4v) is 0.161. The van der Waals surface area contributed by atoms with E-state index in [-0.39, 0.29) is 29.6 Å². The fourth-order valence-electron chi connectivity index (χ4n) is 0.0537. The Morgan fingerprint density at radius 2 is 1.23 bits per heavy atom. The number of carbonyl (C=O) groups excluding carboxylic acids is 2. The van der Waals surface area contributed by atoms with Gasteiger partial charge in [-0.05, 0) is 0 Å². The van der Waals surface area contributed by atoms with E-state index in [9.17, 15) is 26.9 Å². The monoisotopic (exact) mass is 226 g/mol. The summed E-state index contributed by atoms with van der Waals surface area (Å²) in [6.07, 6.45) is 2.34. The van der Waals surface area contributed by atoms with Crippen molar-refractivity contribution < 1.29 is 56.4 Å². The van der Waals surface area contributed by atoms with Crippen molar-refractivity contribution in [2.75, 3.05) is 0 Å². The number of hydrogen-bond donors (Lipinski definition) is 0. The largest absolute Gasteiger partial charge is 1.00 e. The molecule has 0 spiro atoms. The maximum atomic E-state index is 9.75. The molecule has 4 nitrogen and oxygen atoms in total. The van der Waals surface area contributed by atoms with Crippen LogP contribution < -0.4 is 29.6 Å². The molecule has 0 fully saturated rings. The molecule has 0 aromatic heterocycles. The van der Waals surface area contributed by atoms with E-state index < -0.39 is 7.25 Å². The van der Waals surface area contributed by atoms with Crippen LogP contribution in [0.4, 0.5) is 17.3 Å². The van der Waals surface area contributed by atoms with E-state index in [1.54, 1.807) is 0 Å². The summed E-state index contributed by atoms with van der Waals surface area (Å²) in [7, 11) is -6.00. The molecule has 0 aromatic carbocycles. The second-order valence-electron chi connectivity index (χ2n) is 0.942. The number of nitrogens with zero attached hydrogens (tertiary/aromatic N) is 2. The van der Waals surface area contributed by atoms with Crippen LogP contribution in [0.1, 0.15) is 0 Å². The quantitative estimate of drug-likeness (QED) is 0.190. The number of rotatable bonds is 2. The molecule has 0 atom stereocenters. The van der Waals surface area contributed by atoms with Crippen LogP contribution in [-0.4, -0.2) is 19.4 Å². The first kappa shape index (κ1) is 18.6. The molecule has 0 N–H and O–H groups in total. The van der Waals surface area contributed by atoms with Crippen LogP contribution in [0.5, 0.6) is 0 Å². The Kier molecular flexibility index (Phi) is 17.1. The molecule has 0 aliphatic rings. The molecular formula is C2BF4N2NaO2S. The van der Waals surface area contributed by atoms with Gasteiger partial charge in [-0.2, -0.15) is 0 Å². The van der Waals surface area contributed by atoms with E-state index in [1.807, 2.05) is 0 Å². The van der Waals surface area contributed by atoms with Gasteiger partial charge in [0, 0.05) is 0 Å². The Balaban J connectivity index is -0.000000150. The van der Waals surface area contributed by atoms with Gasteiger partial charge >= 0.3 is 36.8 Å². The molecule has 0 aromatic rings. The predicted molar refractivity (Wildman–Crippen MR) is 34.0 cm³/mol. The van der Waals surface area contributed by atoms with Gasteiger partial charge in [0.05, 0.1) is 0 Å². The van der Waals surface area contributed by atoms with Gasteiger partial charge in [0.2, 0.25) is 12.2 Å². The van der Waals surface area contributed by atoms with Crippen molar-refractivity contribution in [2.24, 2.45) is 8.80 Å². The SMILES string of the molecule is F[B-](F)(F)F.O=C=NSN=C=O.[Na+]. The van der Waals surface area contributed by atoms with Crippen molar-refractivity contribution in [3.63, 3.8) is 0 Å². The standard InChI is InChI=1S/C2N2O2S.BF4.Na/c5-1-3-7-4-2-6;2-1(3,4)5;/q;-1;+1. The van der Waals surface area contributed by atoms with Crippen molar-refractivity contribution >= 4 is 31.5 Å². The second-order valence-corrected chi connectivity index (χ2v) is 1.47. The van der Waals surface area contributed by atoms with Crippen molar-refractivity contribution in [3.05, 3.63) is 0 Å². The van der Waals surface area contributed by atoms with E-state index in [1.165, 1.54) is 12.2 Å². The average Bonchev–Trinajstić information content (AvgIpc) is 1.85. The molecule has 0 bridgehead atoms. The summed E-state index contributed by atoms with van der Waals surface area (Å²) >= 11 is 0.456. The van der Waals surface area contributed by atoms with Crippen molar-refractivity contribution in [3.8, 4) is 0 Å². The normalized spacial score (nSPS) is 7.69. The minimum Gasteiger partial charge on any atom is -0.418 e. The molecule has 0 amide bonds. The molecule has 0 aliphatic heterocycles. The molecular weight excluding hydrogens is 226 g/mol. The minimum absolute atomic E-state index is 0. The summed E-state index contributed by atoms with van der Waals surface area (Å²) < 4.78 is 44.7. The van der Waals surface area contributed by atoms with Gasteiger partial charge in [0.1, 0.15) is 12.1 Å². The zero-order valence-electron chi connectivity index (χ0n) is 6.21. The Bertz CT molecular complexity index is 191. The van der Waals surface area contributed by atoms with Crippen molar-refractivity contribution in [1.29, 1.82) is 0 Å².